The molecule has 32 heavy (non-hydrogen) atoms. The minimum absolute atomic E-state index is 0.0532. The molecule has 2 aromatic carbocycles. The highest BCUT2D eigenvalue weighted by atomic mass is 19.2. The minimum atomic E-state index is -1.08. The molecule has 10 heteroatoms. The standard InChI is InChI=1S/C22H16F3N5O2/c1-29-18-8-9-30(22(31)12-6-7-16(24)17(25)10-12)11-14(18)19(27-29)21-26-20(28-32-21)13-4-2-3-5-15(13)23/h2-7,10H,8-9,11H2,1H3. The first kappa shape index (κ1) is 20.0. The van der Waals surface area contributed by atoms with E-state index in [-0.39, 0.29) is 29.4 Å². The van der Waals surface area contributed by atoms with Gasteiger partial charge in [-0.1, -0.05) is 17.3 Å². The second-order valence-corrected chi connectivity index (χ2v) is 7.41. The molecule has 5 rings (SSSR count). The summed E-state index contributed by atoms with van der Waals surface area (Å²) >= 11 is 0. The van der Waals surface area contributed by atoms with Gasteiger partial charge in [0.05, 0.1) is 12.1 Å². The summed E-state index contributed by atoms with van der Waals surface area (Å²) < 4.78 is 47.9. The van der Waals surface area contributed by atoms with Crippen LogP contribution in [-0.2, 0) is 20.0 Å². The van der Waals surface area contributed by atoms with E-state index in [4.69, 9.17) is 4.52 Å². The van der Waals surface area contributed by atoms with Crippen molar-refractivity contribution < 1.29 is 22.5 Å². The average molecular weight is 439 g/mol. The molecular weight excluding hydrogens is 423 g/mol. The molecule has 0 N–H and O–H groups in total. The van der Waals surface area contributed by atoms with Gasteiger partial charge in [-0.05, 0) is 30.3 Å². The number of hydrogen-bond acceptors (Lipinski definition) is 5. The predicted molar refractivity (Wildman–Crippen MR) is 107 cm³/mol. The largest absolute Gasteiger partial charge is 0.334 e. The van der Waals surface area contributed by atoms with Crippen molar-refractivity contribution in [1.82, 2.24) is 24.8 Å². The lowest BCUT2D eigenvalue weighted by molar-refractivity contribution is 0.0733. The predicted octanol–water partition coefficient (Wildman–Crippen LogP) is 3.75. The maximum Gasteiger partial charge on any atom is 0.279 e. The second-order valence-electron chi connectivity index (χ2n) is 7.41. The van der Waals surface area contributed by atoms with Crippen molar-refractivity contribution in [2.45, 2.75) is 13.0 Å². The van der Waals surface area contributed by atoms with Crippen LogP contribution in [0.3, 0.4) is 0 Å². The van der Waals surface area contributed by atoms with E-state index in [2.05, 4.69) is 15.2 Å². The molecule has 0 radical (unpaired) electrons. The highest BCUT2D eigenvalue weighted by Crippen LogP contribution is 2.31. The third kappa shape index (κ3) is 3.33. The van der Waals surface area contributed by atoms with Crippen molar-refractivity contribution in [3.8, 4) is 23.0 Å². The molecule has 0 fully saturated rings. The monoisotopic (exact) mass is 439 g/mol. The van der Waals surface area contributed by atoms with E-state index in [0.29, 0.717) is 24.2 Å². The van der Waals surface area contributed by atoms with Gasteiger partial charge < -0.3 is 9.42 Å². The fourth-order valence-electron chi connectivity index (χ4n) is 3.82. The fraction of sp³-hybridized carbons (Fsp3) is 0.182. The molecule has 162 valence electrons. The Balaban J connectivity index is 1.47. The Morgan fingerprint density at radius 1 is 1.06 bits per heavy atom. The molecule has 7 nitrogen and oxygen atoms in total. The van der Waals surface area contributed by atoms with Crippen LogP contribution in [0.2, 0.25) is 0 Å². The van der Waals surface area contributed by atoms with Gasteiger partial charge in [-0.25, -0.2) is 13.2 Å². The van der Waals surface area contributed by atoms with Gasteiger partial charge in [0, 0.05) is 36.8 Å². The summed E-state index contributed by atoms with van der Waals surface area (Å²) in [5.41, 5.74) is 2.23. The van der Waals surface area contributed by atoms with Gasteiger partial charge in [0.1, 0.15) is 5.82 Å². The number of nitrogens with zero attached hydrogens (tertiary/aromatic N) is 5. The molecule has 1 aliphatic heterocycles. The zero-order chi connectivity index (χ0) is 22.4. The fourth-order valence-corrected chi connectivity index (χ4v) is 3.82. The molecule has 0 atom stereocenters. The molecule has 0 saturated heterocycles. The van der Waals surface area contributed by atoms with Crippen LogP contribution in [0.1, 0.15) is 21.6 Å². The number of carbonyl (C=O) groups excluding carboxylic acids is 1. The molecule has 0 bridgehead atoms. The van der Waals surface area contributed by atoms with E-state index < -0.39 is 23.4 Å². The molecule has 2 aromatic heterocycles. The first-order valence-corrected chi connectivity index (χ1v) is 9.80. The molecule has 4 aromatic rings. The molecule has 1 amide bonds. The number of aromatic nitrogens is 4. The number of fused-ring (bicyclic) bond motifs is 1. The van der Waals surface area contributed by atoms with Crippen LogP contribution >= 0.6 is 0 Å². The van der Waals surface area contributed by atoms with Gasteiger partial charge in [0.15, 0.2) is 17.3 Å². The number of rotatable bonds is 3. The number of halogens is 3. The van der Waals surface area contributed by atoms with Crippen LogP contribution in [0.15, 0.2) is 47.0 Å². The van der Waals surface area contributed by atoms with E-state index in [1.165, 1.54) is 17.0 Å². The highest BCUT2D eigenvalue weighted by molar-refractivity contribution is 5.94. The van der Waals surface area contributed by atoms with Crippen molar-refractivity contribution in [3.05, 3.63) is 76.7 Å². The summed E-state index contributed by atoms with van der Waals surface area (Å²) in [4.78, 5) is 18.7. The first-order valence-electron chi connectivity index (χ1n) is 9.80. The van der Waals surface area contributed by atoms with E-state index in [1.807, 2.05) is 0 Å². The summed E-state index contributed by atoms with van der Waals surface area (Å²) in [5.74, 6) is -2.82. The topological polar surface area (TPSA) is 77.1 Å². The van der Waals surface area contributed by atoms with Crippen molar-refractivity contribution in [2.75, 3.05) is 6.54 Å². The van der Waals surface area contributed by atoms with E-state index in [0.717, 1.165) is 17.8 Å². The molecule has 0 aliphatic carbocycles. The Kier molecular flexibility index (Phi) is 4.76. The van der Waals surface area contributed by atoms with Gasteiger partial charge in [-0.3, -0.25) is 9.48 Å². The quantitative estimate of drug-likeness (QED) is 0.486. The van der Waals surface area contributed by atoms with Crippen LogP contribution in [0.4, 0.5) is 13.2 Å². The third-order valence-electron chi connectivity index (χ3n) is 5.44. The van der Waals surface area contributed by atoms with Crippen LogP contribution < -0.4 is 0 Å². The van der Waals surface area contributed by atoms with Gasteiger partial charge in [-0.15, -0.1) is 0 Å². The molecular formula is C22H16F3N5O2. The maximum atomic E-state index is 14.1. The van der Waals surface area contributed by atoms with E-state index >= 15 is 0 Å². The van der Waals surface area contributed by atoms with Gasteiger partial charge in [0.25, 0.3) is 11.8 Å². The van der Waals surface area contributed by atoms with Crippen molar-refractivity contribution >= 4 is 5.91 Å². The van der Waals surface area contributed by atoms with Gasteiger partial charge in [0.2, 0.25) is 5.82 Å². The Bertz CT molecular complexity index is 1350. The SMILES string of the molecule is Cn1nc(-c2nc(-c3ccccc3F)no2)c2c1CCN(C(=O)c1ccc(F)c(F)c1)C2. The Labute approximate surface area is 180 Å². The number of benzene rings is 2. The van der Waals surface area contributed by atoms with Gasteiger partial charge in [-0.2, -0.15) is 10.1 Å². The van der Waals surface area contributed by atoms with Crippen LogP contribution in [0.5, 0.6) is 0 Å². The Morgan fingerprint density at radius 3 is 2.66 bits per heavy atom. The number of amides is 1. The smallest absolute Gasteiger partial charge is 0.279 e. The summed E-state index contributed by atoms with van der Waals surface area (Å²) in [6, 6.07) is 9.13. The normalized spacial score (nSPS) is 13.3. The lowest BCUT2D eigenvalue weighted by Crippen LogP contribution is -2.36. The summed E-state index contributed by atoms with van der Waals surface area (Å²) in [7, 11) is 1.77. The summed E-state index contributed by atoms with van der Waals surface area (Å²) in [6.45, 7) is 0.557. The molecule has 0 unspecified atom stereocenters. The lowest BCUT2D eigenvalue weighted by Gasteiger charge is -2.27. The van der Waals surface area contributed by atoms with Crippen molar-refractivity contribution in [2.24, 2.45) is 7.05 Å². The summed E-state index contributed by atoms with van der Waals surface area (Å²) in [6.07, 6.45) is 0.503. The Morgan fingerprint density at radius 2 is 1.88 bits per heavy atom. The van der Waals surface area contributed by atoms with Gasteiger partial charge >= 0.3 is 0 Å². The molecule has 0 spiro atoms. The number of hydrogen-bond donors (Lipinski definition) is 0. The lowest BCUT2D eigenvalue weighted by atomic mass is 10.0. The molecule has 0 saturated carbocycles. The third-order valence-corrected chi connectivity index (χ3v) is 5.44. The van der Waals surface area contributed by atoms with Crippen molar-refractivity contribution in [1.29, 1.82) is 0 Å². The van der Waals surface area contributed by atoms with E-state index in [9.17, 15) is 18.0 Å². The second kappa shape index (κ2) is 7.63. The number of carbonyl (C=O) groups is 1. The Hall–Kier alpha value is -3.95. The zero-order valence-electron chi connectivity index (χ0n) is 16.8. The highest BCUT2D eigenvalue weighted by Gasteiger charge is 2.30. The maximum absolute atomic E-state index is 14.1. The van der Waals surface area contributed by atoms with Crippen LogP contribution in [-0.4, -0.2) is 37.3 Å². The molecule has 1 aliphatic rings. The first-order chi connectivity index (χ1) is 15.4. The number of aryl methyl sites for hydroxylation is 1. The van der Waals surface area contributed by atoms with Crippen LogP contribution in [0.25, 0.3) is 23.0 Å². The minimum Gasteiger partial charge on any atom is -0.334 e. The zero-order valence-corrected chi connectivity index (χ0v) is 16.8. The average Bonchev–Trinajstić information content (AvgIpc) is 3.40. The van der Waals surface area contributed by atoms with Crippen LogP contribution in [0, 0.1) is 17.5 Å². The van der Waals surface area contributed by atoms with Crippen molar-refractivity contribution in [3.63, 3.8) is 0 Å². The molecule has 3 heterocycles. The summed E-state index contributed by atoms with van der Waals surface area (Å²) in [5, 5.41) is 8.33. The van der Waals surface area contributed by atoms with E-state index in [1.54, 1.807) is 29.9 Å².